The summed E-state index contributed by atoms with van der Waals surface area (Å²) in [6.07, 6.45) is 1.36. The maximum atomic E-state index is 13.3. The molecule has 0 radical (unpaired) electrons. The first-order chi connectivity index (χ1) is 15.4. The summed E-state index contributed by atoms with van der Waals surface area (Å²) in [5.41, 5.74) is 3.13. The van der Waals surface area contributed by atoms with E-state index in [1.165, 1.54) is 10.5 Å². The molecule has 0 bridgehead atoms. The Hall–Kier alpha value is -1.60. The highest BCUT2D eigenvalue weighted by Gasteiger charge is 2.21. The van der Waals surface area contributed by atoms with Crippen molar-refractivity contribution in [2.45, 2.75) is 45.4 Å². The standard InChI is InChI=1S/C25H32ClN3OS2/c1-5-28(6-2)15-16-29(25-27-24-19(4)21(26)13-14-22(24)32-25)23(30)8-7-17-31-20-11-9-18(3)10-12-20/h9-14H,5-8,15-17H2,1-4H3. The number of hydrogen-bond donors (Lipinski definition) is 0. The van der Waals surface area contributed by atoms with Crippen LogP contribution in [0.15, 0.2) is 41.3 Å². The number of anilines is 1. The number of hydrogen-bond acceptors (Lipinski definition) is 5. The van der Waals surface area contributed by atoms with Gasteiger partial charge < -0.3 is 4.90 Å². The van der Waals surface area contributed by atoms with E-state index in [4.69, 9.17) is 16.6 Å². The monoisotopic (exact) mass is 489 g/mol. The fourth-order valence-electron chi connectivity index (χ4n) is 3.50. The van der Waals surface area contributed by atoms with E-state index in [0.29, 0.717) is 18.0 Å². The number of thioether (sulfide) groups is 1. The number of likely N-dealkylation sites (N-methyl/N-ethyl adjacent to an activating group) is 1. The molecule has 0 atom stereocenters. The highest BCUT2D eigenvalue weighted by atomic mass is 35.5. The Morgan fingerprint density at radius 1 is 1.06 bits per heavy atom. The number of carbonyl (C=O) groups is 1. The summed E-state index contributed by atoms with van der Waals surface area (Å²) in [4.78, 5) is 23.5. The average Bonchev–Trinajstić information content (AvgIpc) is 3.22. The second kappa shape index (κ2) is 12.0. The molecule has 1 amide bonds. The van der Waals surface area contributed by atoms with Gasteiger partial charge in [-0.25, -0.2) is 4.98 Å². The summed E-state index contributed by atoms with van der Waals surface area (Å²) in [7, 11) is 0. The summed E-state index contributed by atoms with van der Waals surface area (Å²) < 4.78 is 1.07. The van der Waals surface area contributed by atoms with E-state index >= 15 is 0 Å². The topological polar surface area (TPSA) is 36.4 Å². The zero-order valence-corrected chi connectivity index (χ0v) is 21.7. The Balaban J connectivity index is 1.69. The van der Waals surface area contributed by atoms with Crippen LogP contribution in [0.2, 0.25) is 5.02 Å². The molecule has 1 heterocycles. The zero-order valence-electron chi connectivity index (χ0n) is 19.4. The number of carbonyl (C=O) groups excluding carboxylic acids is 1. The molecule has 0 aliphatic rings. The molecular formula is C25H32ClN3OS2. The quantitative estimate of drug-likeness (QED) is 0.219. The first-order valence-electron chi connectivity index (χ1n) is 11.2. The fraction of sp³-hybridized carbons (Fsp3) is 0.440. The number of amides is 1. The zero-order chi connectivity index (χ0) is 23.1. The van der Waals surface area contributed by atoms with Gasteiger partial charge in [-0.15, -0.1) is 11.8 Å². The summed E-state index contributed by atoms with van der Waals surface area (Å²) in [6, 6.07) is 12.5. The molecule has 0 aliphatic heterocycles. The van der Waals surface area contributed by atoms with Crippen molar-refractivity contribution in [3.05, 3.63) is 52.5 Å². The van der Waals surface area contributed by atoms with E-state index in [0.717, 1.165) is 52.7 Å². The molecule has 172 valence electrons. The van der Waals surface area contributed by atoms with Crippen LogP contribution in [0.3, 0.4) is 0 Å². The van der Waals surface area contributed by atoms with E-state index in [9.17, 15) is 4.79 Å². The number of rotatable bonds is 11. The SMILES string of the molecule is CCN(CC)CCN(C(=O)CCCSc1ccc(C)cc1)c1nc2c(C)c(Cl)ccc2s1. The number of halogens is 1. The highest BCUT2D eigenvalue weighted by Crippen LogP contribution is 2.34. The van der Waals surface area contributed by atoms with E-state index in [2.05, 4.69) is 49.9 Å². The molecule has 3 aromatic rings. The lowest BCUT2D eigenvalue weighted by atomic mass is 10.2. The lowest BCUT2D eigenvalue weighted by molar-refractivity contribution is -0.118. The number of nitrogens with zero attached hydrogens (tertiary/aromatic N) is 3. The molecule has 4 nitrogen and oxygen atoms in total. The Kier molecular flexibility index (Phi) is 9.41. The molecule has 7 heteroatoms. The average molecular weight is 490 g/mol. The smallest absolute Gasteiger partial charge is 0.228 e. The molecule has 1 aromatic heterocycles. The summed E-state index contributed by atoms with van der Waals surface area (Å²) in [5, 5.41) is 1.48. The molecule has 0 saturated carbocycles. The van der Waals surface area contributed by atoms with Gasteiger partial charge in [0.15, 0.2) is 5.13 Å². The Labute approximate surface area is 205 Å². The molecule has 3 rings (SSSR count). The van der Waals surface area contributed by atoms with Crippen LogP contribution in [-0.2, 0) is 4.79 Å². The lowest BCUT2D eigenvalue weighted by Gasteiger charge is -2.24. The van der Waals surface area contributed by atoms with Gasteiger partial charge in [-0.05, 0) is 68.9 Å². The largest absolute Gasteiger partial charge is 0.302 e. The molecule has 0 spiro atoms. The third-order valence-corrected chi connectivity index (χ3v) is 8.18. The minimum Gasteiger partial charge on any atom is -0.302 e. The number of aromatic nitrogens is 1. The molecular weight excluding hydrogens is 458 g/mol. The second-order valence-electron chi connectivity index (χ2n) is 7.85. The van der Waals surface area contributed by atoms with Crippen molar-refractivity contribution in [3.63, 3.8) is 0 Å². The van der Waals surface area contributed by atoms with Gasteiger partial charge in [-0.1, -0.05) is 54.5 Å². The van der Waals surface area contributed by atoms with Crippen molar-refractivity contribution in [1.82, 2.24) is 9.88 Å². The second-order valence-corrected chi connectivity index (χ2v) is 10.4. The van der Waals surface area contributed by atoms with Crippen LogP contribution in [0.4, 0.5) is 5.13 Å². The van der Waals surface area contributed by atoms with Gasteiger partial charge in [0.1, 0.15) is 0 Å². The van der Waals surface area contributed by atoms with Crippen LogP contribution in [0.1, 0.15) is 37.8 Å². The summed E-state index contributed by atoms with van der Waals surface area (Å²) in [5.74, 6) is 1.07. The van der Waals surface area contributed by atoms with Gasteiger partial charge in [-0.2, -0.15) is 0 Å². The van der Waals surface area contributed by atoms with E-state index < -0.39 is 0 Å². The van der Waals surface area contributed by atoms with Crippen LogP contribution >= 0.6 is 34.7 Å². The summed E-state index contributed by atoms with van der Waals surface area (Å²) >= 11 is 9.68. The summed E-state index contributed by atoms with van der Waals surface area (Å²) in [6.45, 7) is 11.8. The van der Waals surface area contributed by atoms with E-state index in [1.807, 2.05) is 24.0 Å². The van der Waals surface area contributed by atoms with Crippen LogP contribution in [-0.4, -0.2) is 47.7 Å². The minimum absolute atomic E-state index is 0.143. The van der Waals surface area contributed by atoms with Gasteiger partial charge in [0.05, 0.1) is 10.2 Å². The minimum atomic E-state index is 0.143. The Morgan fingerprint density at radius 2 is 1.78 bits per heavy atom. The maximum absolute atomic E-state index is 13.3. The third kappa shape index (κ3) is 6.47. The fourth-order valence-corrected chi connectivity index (χ4v) is 5.57. The van der Waals surface area contributed by atoms with Gasteiger partial charge in [0.25, 0.3) is 0 Å². The number of benzene rings is 2. The van der Waals surface area contributed by atoms with Crippen molar-refractivity contribution < 1.29 is 4.79 Å². The molecule has 2 aromatic carbocycles. The highest BCUT2D eigenvalue weighted by molar-refractivity contribution is 7.99. The van der Waals surface area contributed by atoms with Gasteiger partial charge >= 0.3 is 0 Å². The van der Waals surface area contributed by atoms with Crippen molar-refractivity contribution in [3.8, 4) is 0 Å². The lowest BCUT2D eigenvalue weighted by Crippen LogP contribution is -2.38. The molecule has 0 N–H and O–H groups in total. The first-order valence-corrected chi connectivity index (χ1v) is 13.4. The van der Waals surface area contributed by atoms with Crippen molar-refractivity contribution in [2.75, 3.05) is 36.8 Å². The number of thiazole rings is 1. The van der Waals surface area contributed by atoms with Crippen molar-refractivity contribution in [1.29, 1.82) is 0 Å². The Morgan fingerprint density at radius 3 is 2.47 bits per heavy atom. The molecule has 32 heavy (non-hydrogen) atoms. The van der Waals surface area contributed by atoms with Crippen molar-refractivity contribution in [2.24, 2.45) is 0 Å². The van der Waals surface area contributed by atoms with Crippen LogP contribution in [0.25, 0.3) is 10.2 Å². The van der Waals surface area contributed by atoms with Crippen molar-refractivity contribution >= 4 is 56.0 Å². The molecule has 0 aliphatic carbocycles. The third-order valence-electron chi connectivity index (χ3n) is 5.63. The number of fused-ring (bicyclic) bond motifs is 1. The van der Waals surface area contributed by atoms with Crippen LogP contribution < -0.4 is 4.90 Å². The predicted octanol–water partition coefficient (Wildman–Crippen LogP) is 6.81. The van der Waals surface area contributed by atoms with E-state index in [-0.39, 0.29) is 5.91 Å². The van der Waals surface area contributed by atoms with Gasteiger partial charge in [-0.3, -0.25) is 9.69 Å². The van der Waals surface area contributed by atoms with Gasteiger partial charge in [0.2, 0.25) is 5.91 Å². The first kappa shape index (κ1) is 25.0. The molecule has 0 unspecified atom stereocenters. The van der Waals surface area contributed by atoms with Gasteiger partial charge in [0, 0.05) is 29.4 Å². The number of aryl methyl sites for hydroxylation is 2. The maximum Gasteiger partial charge on any atom is 0.228 e. The molecule has 0 saturated heterocycles. The predicted molar refractivity (Wildman–Crippen MR) is 141 cm³/mol. The molecule has 0 fully saturated rings. The normalized spacial score (nSPS) is 11.4. The Bertz CT molecular complexity index is 1030. The van der Waals surface area contributed by atoms with Crippen LogP contribution in [0, 0.1) is 13.8 Å². The van der Waals surface area contributed by atoms with E-state index in [1.54, 1.807) is 23.1 Å². The van der Waals surface area contributed by atoms with Crippen LogP contribution in [0.5, 0.6) is 0 Å².